The minimum Gasteiger partial charge on any atom is -0.508 e. The minimum atomic E-state index is -3.10. The van der Waals surface area contributed by atoms with E-state index in [0.717, 1.165) is 5.56 Å². The molecule has 2 N–H and O–H groups in total. The molecule has 0 saturated carbocycles. The average molecular weight is 338 g/mol. The highest BCUT2D eigenvalue weighted by Gasteiger charge is 2.37. The van der Waals surface area contributed by atoms with Gasteiger partial charge in [0.15, 0.2) is 7.14 Å². The summed E-state index contributed by atoms with van der Waals surface area (Å²) in [5.41, 5.74) is 0.175. The lowest BCUT2D eigenvalue weighted by atomic mass is 10.1. The number of phenolic OH excluding ortho intramolecular Hbond substituents is 1. The molecule has 0 fully saturated rings. The largest absolute Gasteiger partial charge is 0.508 e. The van der Waals surface area contributed by atoms with Gasteiger partial charge in [-0.1, -0.05) is 72.8 Å². The Balaban J connectivity index is 2.21. The Morgan fingerprint density at radius 1 is 0.750 bits per heavy atom. The summed E-state index contributed by atoms with van der Waals surface area (Å²) in [6, 6.07) is 25.1. The predicted octanol–water partition coefficient (Wildman–Crippen LogP) is 3.44. The zero-order chi connectivity index (χ0) is 17.0. The van der Waals surface area contributed by atoms with Gasteiger partial charge in [-0.05, 0) is 17.7 Å². The first-order valence-corrected chi connectivity index (χ1v) is 9.54. The number of benzene rings is 3. The first-order chi connectivity index (χ1) is 11.7. The van der Waals surface area contributed by atoms with Gasteiger partial charge in [0.1, 0.15) is 5.75 Å². The van der Waals surface area contributed by atoms with Crippen LogP contribution >= 0.6 is 7.14 Å². The van der Waals surface area contributed by atoms with E-state index in [1.807, 2.05) is 60.7 Å². The van der Waals surface area contributed by atoms with Crippen LogP contribution in [-0.4, -0.2) is 16.8 Å². The molecule has 3 nitrogen and oxygen atoms in total. The summed E-state index contributed by atoms with van der Waals surface area (Å²) in [5, 5.41) is 21.0. The Morgan fingerprint density at radius 3 is 1.62 bits per heavy atom. The lowest BCUT2D eigenvalue weighted by molar-refractivity contribution is 0.292. The molecule has 4 heteroatoms. The zero-order valence-corrected chi connectivity index (χ0v) is 14.0. The number of aromatic hydroxyl groups is 1. The molecule has 0 aromatic heterocycles. The predicted molar refractivity (Wildman–Crippen MR) is 97.7 cm³/mol. The number of rotatable bonds is 5. The van der Waals surface area contributed by atoms with Crippen LogP contribution < -0.4 is 10.6 Å². The quantitative estimate of drug-likeness (QED) is 0.701. The van der Waals surface area contributed by atoms with Crippen LogP contribution in [0.4, 0.5) is 0 Å². The highest BCUT2D eigenvalue weighted by Crippen LogP contribution is 2.56. The van der Waals surface area contributed by atoms with Crippen molar-refractivity contribution in [3.8, 4) is 5.75 Å². The van der Waals surface area contributed by atoms with Crippen molar-refractivity contribution in [3.63, 3.8) is 0 Å². The Labute approximate surface area is 141 Å². The van der Waals surface area contributed by atoms with Crippen LogP contribution in [-0.2, 0) is 4.57 Å². The molecule has 0 amide bonds. The van der Waals surface area contributed by atoms with Gasteiger partial charge in [0.05, 0.1) is 12.3 Å². The van der Waals surface area contributed by atoms with Crippen LogP contribution in [0.1, 0.15) is 11.2 Å². The van der Waals surface area contributed by atoms with Crippen molar-refractivity contribution in [1.82, 2.24) is 0 Å². The summed E-state index contributed by atoms with van der Waals surface area (Å²) in [6.45, 7) is -0.244. The first-order valence-electron chi connectivity index (χ1n) is 7.77. The van der Waals surface area contributed by atoms with Gasteiger partial charge < -0.3 is 14.8 Å². The maximum atomic E-state index is 14.2. The molecule has 122 valence electrons. The van der Waals surface area contributed by atoms with Gasteiger partial charge in [0.2, 0.25) is 0 Å². The van der Waals surface area contributed by atoms with Crippen molar-refractivity contribution in [2.24, 2.45) is 0 Å². The molecule has 0 saturated heterocycles. The second-order valence-corrected chi connectivity index (χ2v) is 8.59. The standard InChI is InChI=1S/C20H19O3P/c21-15-20(16-11-13-17(22)14-12-16)24(23,18-7-3-1-4-8-18)19-9-5-2-6-10-19/h1-14,20-22H,15H2. The lowest BCUT2D eigenvalue weighted by Crippen LogP contribution is -2.23. The fraction of sp³-hybridized carbons (Fsp3) is 0.100. The summed E-state index contributed by atoms with van der Waals surface area (Å²) in [6.07, 6.45) is 0. The Kier molecular flexibility index (Phi) is 4.84. The van der Waals surface area contributed by atoms with E-state index in [9.17, 15) is 14.8 Å². The van der Waals surface area contributed by atoms with E-state index in [1.54, 1.807) is 24.3 Å². The monoisotopic (exact) mass is 338 g/mol. The number of hydrogen-bond donors (Lipinski definition) is 2. The molecule has 3 aromatic rings. The summed E-state index contributed by atoms with van der Waals surface area (Å²) in [5.74, 6) is 0.143. The van der Waals surface area contributed by atoms with Crippen molar-refractivity contribution in [1.29, 1.82) is 0 Å². The third-order valence-corrected chi connectivity index (χ3v) is 7.64. The maximum absolute atomic E-state index is 14.2. The molecule has 0 spiro atoms. The van der Waals surface area contributed by atoms with Crippen molar-refractivity contribution in [3.05, 3.63) is 90.5 Å². The molecule has 24 heavy (non-hydrogen) atoms. The third kappa shape index (κ3) is 3.01. The van der Waals surface area contributed by atoms with Gasteiger partial charge in [-0.2, -0.15) is 0 Å². The van der Waals surface area contributed by atoms with E-state index in [1.165, 1.54) is 0 Å². The van der Waals surface area contributed by atoms with Crippen LogP contribution in [0.2, 0.25) is 0 Å². The van der Waals surface area contributed by atoms with Gasteiger partial charge in [-0.3, -0.25) is 0 Å². The molecule has 1 atom stereocenters. The van der Waals surface area contributed by atoms with E-state index >= 15 is 0 Å². The molecule has 0 aliphatic heterocycles. The van der Waals surface area contributed by atoms with Crippen LogP contribution in [0.15, 0.2) is 84.9 Å². The molecular weight excluding hydrogens is 319 g/mol. The highest BCUT2D eigenvalue weighted by atomic mass is 31.2. The van der Waals surface area contributed by atoms with Crippen LogP contribution in [0.5, 0.6) is 5.75 Å². The minimum absolute atomic E-state index is 0.143. The molecular formula is C20H19O3P. The third-order valence-electron chi connectivity index (χ3n) is 4.17. The maximum Gasteiger partial charge on any atom is 0.152 e. The van der Waals surface area contributed by atoms with E-state index in [2.05, 4.69) is 0 Å². The van der Waals surface area contributed by atoms with Crippen molar-refractivity contribution in [2.75, 3.05) is 6.61 Å². The fourth-order valence-electron chi connectivity index (χ4n) is 2.93. The molecule has 0 aliphatic rings. The van der Waals surface area contributed by atoms with E-state index in [0.29, 0.717) is 10.6 Å². The number of aliphatic hydroxyl groups is 1. The summed E-state index contributed by atoms with van der Waals surface area (Å²) < 4.78 is 14.2. The normalized spacial score (nSPS) is 12.7. The highest BCUT2D eigenvalue weighted by molar-refractivity contribution is 7.79. The fourth-order valence-corrected chi connectivity index (χ4v) is 6.00. The smallest absolute Gasteiger partial charge is 0.152 e. The molecule has 1 unspecified atom stereocenters. The van der Waals surface area contributed by atoms with Crippen LogP contribution in [0.25, 0.3) is 0 Å². The Bertz CT molecular complexity index is 786. The molecule has 3 aromatic carbocycles. The Morgan fingerprint density at radius 2 is 1.21 bits per heavy atom. The Hall–Kier alpha value is -2.35. The van der Waals surface area contributed by atoms with E-state index in [-0.39, 0.29) is 12.4 Å². The molecule has 0 heterocycles. The topological polar surface area (TPSA) is 57.5 Å². The van der Waals surface area contributed by atoms with Crippen molar-refractivity contribution < 1.29 is 14.8 Å². The lowest BCUT2D eigenvalue weighted by Gasteiger charge is -2.28. The van der Waals surface area contributed by atoms with Gasteiger partial charge in [-0.15, -0.1) is 0 Å². The van der Waals surface area contributed by atoms with E-state index in [4.69, 9.17) is 0 Å². The van der Waals surface area contributed by atoms with Gasteiger partial charge >= 0.3 is 0 Å². The summed E-state index contributed by atoms with van der Waals surface area (Å²) in [4.78, 5) is 0. The number of aliphatic hydroxyl groups excluding tert-OH is 1. The van der Waals surface area contributed by atoms with Gasteiger partial charge in [-0.25, -0.2) is 0 Å². The number of hydrogen-bond acceptors (Lipinski definition) is 3. The first kappa shape index (κ1) is 16.5. The van der Waals surface area contributed by atoms with Crippen LogP contribution in [0.3, 0.4) is 0 Å². The van der Waals surface area contributed by atoms with Crippen LogP contribution in [0, 0.1) is 0 Å². The molecule has 3 rings (SSSR count). The SMILES string of the molecule is O=P(c1ccccc1)(c1ccccc1)C(CO)c1ccc(O)cc1. The summed E-state index contributed by atoms with van der Waals surface area (Å²) in [7, 11) is -3.10. The van der Waals surface area contributed by atoms with Gasteiger partial charge in [0.25, 0.3) is 0 Å². The molecule has 0 bridgehead atoms. The molecule has 0 radical (unpaired) electrons. The zero-order valence-electron chi connectivity index (χ0n) is 13.1. The molecule has 0 aliphatic carbocycles. The van der Waals surface area contributed by atoms with Gasteiger partial charge in [0, 0.05) is 10.6 Å². The van der Waals surface area contributed by atoms with E-state index < -0.39 is 12.8 Å². The average Bonchev–Trinajstić information content (AvgIpc) is 2.65. The van der Waals surface area contributed by atoms with Crippen molar-refractivity contribution in [2.45, 2.75) is 5.66 Å². The second-order valence-electron chi connectivity index (χ2n) is 5.62. The second kappa shape index (κ2) is 7.04. The summed E-state index contributed by atoms with van der Waals surface area (Å²) >= 11 is 0. The number of phenols is 1. The van der Waals surface area contributed by atoms with Crippen molar-refractivity contribution >= 4 is 17.8 Å².